The van der Waals surface area contributed by atoms with E-state index in [1.165, 1.54) is 5.56 Å². The minimum atomic E-state index is 0.0302. The van der Waals surface area contributed by atoms with Crippen molar-refractivity contribution in [1.29, 1.82) is 0 Å². The second kappa shape index (κ2) is 6.78. The molecule has 2 heterocycles. The van der Waals surface area contributed by atoms with Crippen molar-refractivity contribution in [2.75, 3.05) is 0 Å². The fraction of sp³-hybridized carbons (Fsp3) is 0.300. The van der Waals surface area contributed by atoms with Crippen molar-refractivity contribution < 1.29 is 0 Å². The summed E-state index contributed by atoms with van der Waals surface area (Å²) < 4.78 is 1.82. The Morgan fingerprint density at radius 1 is 0.913 bits per heavy atom. The molecular weight excluding hydrogens is 284 g/mol. The van der Waals surface area contributed by atoms with Gasteiger partial charge >= 0.3 is 0 Å². The summed E-state index contributed by atoms with van der Waals surface area (Å²) in [5.74, 6) is 0.712. The van der Waals surface area contributed by atoms with Crippen LogP contribution in [0.25, 0.3) is 16.6 Å². The normalized spacial score (nSPS) is 11.0. The van der Waals surface area contributed by atoms with E-state index in [0.29, 0.717) is 5.82 Å². The number of rotatable bonds is 5. The van der Waals surface area contributed by atoms with Crippen molar-refractivity contribution in [3.05, 3.63) is 70.3 Å². The zero-order chi connectivity index (χ0) is 16.2. The van der Waals surface area contributed by atoms with Crippen molar-refractivity contribution in [2.45, 2.75) is 39.5 Å². The van der Waals surface area contributed by atoms with E-state index in [4.69, 9.17) is 0 Å². The fourth-order valence-corrected chi connectivity index (χ4v) is 3.22. The van der Waals surface area contributed by atoms with E-state index in [9.17, 15) is 4.79 Å². The first-order valence-electron chi connectivity index (χ1n) is 8.34. The summed E-state index contributed by atoms with van der Waals surface area (Å²) >= 11 is 0. The summed E-state index contributed by atoms with van der Waals surface area (Å²) in [5.41, 5.74) is 2.43. The molecule has 0 atom stereocenters. The molecule has 3 nitrogen and oxygen atoms in total. The zero-order valence-corrected chi connectivity index (χ0v) is 13.7. The first-order valence-corrected chi connectivity index (χ1v) is 8.34. The third-order valence-electron chi connectivity index (χ3n) is 4.17. The molecule has 0 unspecified atom stereocenters. The highest BCUT2D eigenvalue weighted by molar-refractivity contribution is 5.86. The predicted octanol–water partition coefficient (Wildman–Crippen LogP) is 4.29. The molecule has 0 bridgehead atoms. The molecular formula is C20H22N2O. The van der Waals surface area contributed by atoms with Crippen molar-refractivity contribution >= 4 is 10.8 Å². The van der Waals surface area contributed by atoms with Gasteiger partial charge in [-0.15, -0.1) is 0 Å². The van der Waals surface area contributed by atoms with Crippen LogP contribution in [0.1, 0.15) is 37.9 Å². The highest BCUT2D eigenvalue weighted by Crippen LogP contribution is 2.24. The molecule has 0 N–H and O–H groups in total. The van der Waals surface area contributed by atoms with Crippen LogP contribution in [0.4, 0.5) is 0 Å². The van der Waals surface area contributed by atoms with Crippen molar-refractivity contribution in [1.82, 2.24) is 9.55 Å². The first kappa shape index (κ1) is 15.5. The smallest absolute Gasteiger partial charge is 0.264 e. The quantitative estimate of drug-likeness (QED) is 0.705. The maximum atomic E-state index is 13.1. The number of pyridine rings is 2. The number of hydrogen-bond acceptors (Lipinski definition) is 2. The molecule has 3 rings (SSSR count). The van der Waals surface area contributed by atoms with E-state index >= 15 is 0 Å². The highest BCUT2D eigenvalue weighted by atomic mass is 16.1. The van der Waals surface area contributed by atoms with Crippen molar-refractivity contribution in [3.8, 4) is 5.82 Å². The van der Waals surface area contributed by atoms with Crippen LogP contribution in [0.5, 0.6) is 0 Å². The van der Waals surface area contributed by atoms with Crippen LogP contribution in [-0.2, 0) is 12.8 Å². The Labute approximate surface area is 136 Å². The van der Waals surface area contributed by atoms with Gasteiger partial charge in [-0.2, -0.15) is 0 Å². The second-order valence-corrected chi connectivity index (χ2v) is 5.80. The molecule has 1 aromatic carbocycles. The Bertz CT molecular complexity index is 866. The molecule has 3 heteroatoms. The van der Waals surface area contributed by atoms with Crippen LogP contribution in [0, 0.1) is 0 Å². The van der Waals surface area contributed by atoms with Crippen LogP contribution < -0.4 is 5.56 Å². The van der Waals surface area contributed by atoms with E-state index in [1.54, 1.807) is 6.20 Å². The topological polar surface area (TPSA) is 34.9 Å². The van der Waals surface area contributed by atoms with E-state index in [2.05, 4.69) is 24.9 Å². The van der Waals surface area contributed by atoms with Crippen LogP contribution >= 0.6 is 0 Å². The van der Waals surface area contributed by atoms with E-state index in [-0.39, 0.29) is 5.56 Å². The lowest BCUT2D eigenvalue weighted by molar-refractivity contribution is 0.771. The highest BCUT2D eigenvalue weighted by Gasteiger charge is 2.17. The molecule has 2 aromatic heterocycles. The SMILES string of the molecule is CCCc1c(CCC)n(-c2ccccn2)c(=O)c2ccccc12. The third-order valence-corrected chi connectivity index (χ3v) is 4.17. The molecule has 0 amide bonds. The van der Waals surface area contributed by atoms with Gasteiger partial charge in [-0.05, 0) is 42.0 Å². The summed E-state index contributed by atoms with van der Waals surface area (Å²) in [6.45, 7) is 4.33. The van der Waals surface area contributed by atoms with Gasteiger partial charge in [-0.1, -0.05) is 51.0 Å². The van der Waals surface area contributed by atoms with E-state index < -0.39 is 0 Å². The summed E-state index contributed by atoms with van der Waals surface area (Å²) in [4.78, 5) is 17.5. The van der Waals surface area contributed by atoms with Gasteiger partial charge in [-0.25, -0.2) is 4.98 Å². The molecule has 0 aliphatic rings. The van der Waals surface area contributed by atoms with E-state index in [0.717, 1.165) is 42.1 Å². The number of aryl methyl sites for hydroxylation is 1. The van der Waals surface area contributed by atoms with Gasteiger partial charge in [0, 0.05) is 17.3 Å². The Morgan fingerprint density at radius 2 is 1.61 bits per heavy atom. The monoisotopic (exact) mass is 306 g/mol. The lowest BCUT2D eigenvalue weighted by Crippen LogP contribution is -2.25. The molecule has 0 aliphatic carbocycles. The Balaban J connectivity index is 2.44. The lowest BCUT2D eigenvalue weighted by atomic mass is 9.97. The number of benzene rings is 1. The minimum absolute atomic E-state index is 0.0302. The average molecular weight is 306 g/mol. The largest absolute Gasteiger partial charge is 0.268 e. The number of aromatic nitrogens is 2. The number of fused-ring (bicyclic) bond motifs is 1. The predicted molar refractivity (Wildman–Crippen MR) is 95.3 cm³/mol. The Morgan fingerprint density at radius 3 is 2.26 bits per heavy atom. The Hall–Kier alpha value is -2.42. The third kappa shape index (κ3) is 2.79. The van der Waals surface area contributed by atoms with Crippen molar-refractivity contribution in [3.63, 3.8) is 0 Å². The average Bonchev–Trinajstić information content (AvgIpc) is 2.59. The van der Waals surface area contributed by atoms with Crippen LogP contribution in [0.2, 0.25) is 0 Å². The summed E-state index contributed by atoms with van der Waals surface area (Å²) in [6.07, 6.45) is 5.66. The second-order valence-electron chi connectivity index (χ2n) is 5.80. The molecule has 0 spiro atoms. The molecule has 23 heavy (non-hydrogen) atoms. The minimum Gasteiger partial charge on any atom is -0.268 e. The van der Waals surface area contributed by atoms with Crippen LogP contribution in [0.15, 0.2) is 53.5 Å². The van der Waals surface area contributed by atoms with Gasteiger partial charge < -0.3 is 0 Å². The van der Waals surface area contributed by atoms with Gasteiger partial charge in [-0.3, -0.25) is 9.36 Å². The van der Waals surface area contributed by atoms with Gasteiger partial charge in [0.15, 0.2) is 0 Å². The molecule has 118 valence electrons. The molecule has 0 radical (unpaired) electrons. The van der Waals surface area contributed by atoms with Gasteiger partial charge in [0.1, 0.15) is 5.82 Å². The summed E-state index contributed by atoms with van der Waals surface area (Å²) in [7, 11) is 0. The molecule has 3 aromatic rings. The van der Waals surface area contributed by atoms with Gasteiger partial charge in [0.25, 0.3) is 5.56 Å². The summed E-state index contributed by atoms with van der Waals surface area (Å²) in [5, 5.41) is 1.87. The van der Waals surface area contributed by atoms with Crippen LogP contribution in [-0.4, -0.2) is 9.55 Å². The lowest BCUT2D eigenvalue weighted by Gasteiger charge is -2.19. The molecule has 0 fully saturated rings. The van der Waals surface area contributed by atoms with Crippen molar-refractivity contribution in [2.24, 2.45) is 0 Å². The van der Waals surface area contributed by atoms with Crippen LogP contribution in [0.3, 0.4) is 0 Å². The number of hydrogen-bond donors (Lipinski definition) is 0. The fourth-order valence-electron chi connectivity index (χ4n) is 3.22. The standard InChI is InChI=1S/C20H22N2O/c1-3-9-16-15-11-5-6-12-17(15)20(23)22(18(16)10-4-2)19-13-7-8-14-21-19/h5-8,11-14H,3-4,9-10H2,1-2H3. The number of nitrogens with zero attached hydrogens (tertiary/aromatic N) is 2. The molecule has 0 aliphatic heterocycles. The maximum absolute atomic E-state index is 13.1. The summed E-state index contributed by atoms with van der Waals surface area (Å²) in [6, 6.07) is 13.7. The molecule has 0 saturated carbocycles. The van der Waals surface area contributed by atoms with E-state index in [1.807, 2.05) is 41.0 Å². The maximum Gasteiger partial charge on any atom is 0.264 e. The first-order chi connectivity index (χ1) is 11.3. The zero-order valence-electron chi connectivity index (χ0n) is 13.7. The van der Waals surface area contributed by atoms with Gasteiger partial charge in [0.2, 0.25) is 0 Å². The molecule has 0 saturated heterocycles. The Kier molecular flexibility index (Phi) is 4.56. The van der Waals surface area contributed by atoms with Gasteiger partial charge in [0.05, 0.1) is 0 Å².